The minimum Gasteiger partial charge on any atom is -0.503 e. The Labute approximate surface area is 215 Å². The molecule has 4 unspecified atom stereocenters. The van der Waals surface area contributed by atoms with Gasteiger partial charge in [0.15, 0.2) is 17.2 Å². The molecule has 0 bridgehead atoms. The molecule has 10 heteroatoms. The lowest BCUT2D eigenvalue weighted by Crippen LogP contribution is -2.47. The van der Waals surface area contributed by atoms with Gasteiger partial charge in [-0.15, -0.1) is 0 Å². The normalized spacial score (nSPS) is 24.9. The van der Waals surface area contributed by atoms with Gasteiger partial charge in [-0.05, 0) is 63.3 Å². The Kier molecular flexibility index (Phi) is 8.81. The van der Waals surface area contributed by atoms with E-state index in [9.17, 15) is 19.1 Å². The lowest BCUT2D eigenvalue weighted by atomic mass is 10.0. The summed E-state index contributed by atoms with van der Waals surface area (Å²) in [5, 5.41) is 12.9. The number of ether oxygens (including phenoxy) is 4. The summed E-state index contributed by atoms with van der Waals surface area (Å²) < 4.78 is 36.9. The maximum atomic E-state index is 13.4. The van der Waals surface area contributed by atoms with Gasteiger partial charge in [0.05, 0.1) is 13.2 Å². The van der Waals surface area contributed by atoms with Gasteiger partial charge in [-0.3, -0.25) is 4.79 Å². The van der Waals surface area contributed by atoms with Crippen molar-refractivity contribution in [1.29, 1.82) is 0 Å². The van der Waals surface area contributed by atoms with Gasteiger partial charge in [-0.25, -0.2) is 14.2 Å². The molecular weight excluding hydrogens is 483 g/mol. The van der Waals surface area contributed by atoms with Gasteiger partial charge in [0, 0.05) is 12.3 Å². The zero-order chi connectivity index (χ0) is 26.4. The third-order valence-corrected chi connectivity index (χ3v) is 6.78. The van der Waals surface area contributed by atoms with E-state index >= 15 is 0 Å². The number of hydrogen-bond acceptors (Lipinski definition) is 8. The van der Waals surface area contributed by atoms with E-state index < -0.39 is 42.0 Å². The molecule has 1 aliphatic carbocycles. The maximum absolute atomic E-state index is 13.4. The average Bonchev–Trinajstić information content (AvgIpc) is 3.41. The van der Waals surface area contributed by atoms with Gasteiger partial charge in [-0.2, -0.15) is 0 Å². The van der Waals surface area contributed by atoms with E-state index in [2.05, 4.69) is 10.3 Å². The fourth-order valence-electron chi connectivity index (χ4n) is 4.82. The molecule has 4 rings (SSSR count). The molecule has 1 saturated carbocycles. The number of hydrogen-bond donors (Lipinski definition) is 2. The standard InChI is InChI=1S/C27H33FN2O7/c1-16-25(37-18-6-3-4-7-18)22(36-19-12-10-17(28)11-13-19)9-5-8-20(27(33)35-16)30-26(32)23-24(31)21(34-2)14-15-29-23/h10-16,18,20,22,25,31H,3-9H2,1-2H3,(H,30,32). The number of carbonyl (C=O) groups is 2. The van der Waals surface area contributed by atoms with Crippen molar-refractivity contribution in [2.75, 3.05) is 7.11 Å². The molecule has 2 aromatic rings. The predicted molar refractivity (Wildman–Crippen MR) is 131 cm³/mol. The number of cyclic esters (lactones) is 1. The van der Waals surface area contributed by atoms with Crippen LogP contribution in [0.1, 0.15) is 62.4 Å². The second-order valence-electron chi connectivity index (χ2n) is 9.43. The molecule has 1 saturated heterocycles. The van der Waals surface area contributed by atoms with Crippen LogP contribution in [0.2, 0.25) is 0 Å². The molecule has 200 valence electrons. The highest BCUT2D eigenvalue weighted by Gasteiger charge is 2.38. The Morgan fingerprint density at radius 3 is 2.54 bits per heavy atom. The number of aromatic nitrogens is 1. The zero-order valence-corrected chi connectivity index (χ0v) is 21.0. The number of rotatable bonds is 7. The molecule has 2 fully saturated rings. The van der Waals surface area contributed by atoms with Gasteiger partial charge >= 0.3 is 5.97 Å². The second kappa shape index (κ2) is 12.2. The van der Waals surface area contributed by atoms with Crippen molar-refractivity contribution >= 4 is 11.9 Å². The highest BCUT2D eigenvalue weighted by atomic mass is 19.1. The van der Waals surface area contributed by atoms with E-state index in [-0.39, 0.29) is 29.8 Å². The average molecular weight is 517 g/mol. The highest BCUT2D eigenvalue weighted by molar-refractivity contribution is 5.97. The fraction of sp³-hybridized carbons (Fsp3) is 0.519. The van der Waals surface area contributed by atoms with Gasteiger partial charge in [-0.1, -0.05) is 12.8 Å². The molecule has 1 aromatic carbocycles. The van der Waals surface area contributed by atoms with E-state index in [1.807, 2.05) is 0 Å². The summed E-state index contributed by atoms with van der Waals surface area (Å²) in [4.78, 5) is 29.9. The van der Waals surface area contributed by atoms with Crippen LogP contribution in [0.4, 0.5) is 4.39 Å². The number of aromatic hydroxyl groups is 1. The fourth-order valence-corrected chi connectivity index (χ4v) is 4.82. The molecule has 37 heavy (non-hydrogen) atoms. The lowest BCUT2D eigenvalue weighted by Gasteiger charge is -2.33. The van der Waals surface area contributed by atoms with Gasteiger partial charge in [0.2, 0.25) is 0 Å². The first-order chi connectivity index (χ1) is 17.9. The van der Waals surface area contributed by atoms with E-state index in [1.165, 1.54) is 31.5 Å². The summed E-state index contributed by atoms with van der Waals surface area (Å²) in [5.74, 6) is -1.51. The molecule has 2 aliphatic rings. The molecule has 1 aromatic heterocycles. The Balaban J connectivity index is 1.51. The largest absolute Gasteiger partial charge is 0.503 e. The first-order valence-corrected chi connectivity index (χ1v) is 12.7. The molecule has 2 N–H and O–H groups in total. The quantitative estimate of drug-likeness (QED) is 0.532. The lowest BCUT2D eigenvalue weighted by molar-refractivity contribution is -0.168. The van der Waals surface area contributed by atoms with Crippen molar-refractivity contribution in [2.45, 2.75) is 82.3 Å². The number of amides is 1. The van der Waals surface area contributed by atoms with Gasteiger partial charge in [0.25, 0.3) is 5.91 Å². The molecule has 1 aliphatic heterocycles. The van der Waals surface area contributed by atoms with Crippen molar-refractivity contribution in [3.05, 3.63) is 48.0 Å². The number of halogens is 1. The van der Waals surface area contributed by atoms with E-state index in [4.69, 9.17) is 18.9 Å². The first kappa shape index (κ1) is 26.7. The van der Waals surface area contributed by atoms with E-state index in [0.717, 1.165) is 25.7 Å². The van der Waals surface area contributed by atoms with Crippen molar-refractivity contribution in [3.63, 3.8) is 0 Å². The molecule has 2 heterocycles. The third-order valence-electron chi connectivity index (χ3n) is 6.78. The van der Waals surface area contributed by atoms with Crippen LogP contribution in [-0.2, 0) is 14.3 Å². The molecule has 0 radical (unpaired) electrons. The number of nitrogens with zero attached hydrogens (tertiary/aromatic N) is 1. The van der Waals surface area contributed by atoms with Crippen LogP contribution in [0.15, 0.2) is 36.5 Å². The SMILES string of the molecule is COc1ccnc(C(=O)NC2CCCC(Oc3ccc(F)cc3)C(OC3CCCC3)C(C)OC2=O)c1O. The van der Waals surface area contributed by atoms with Crippen LogP contribution in [0.5, 0.6) is 17.2 Å². The molecular formula is C27H33FN2O7. The first-order valence-electron chi connectivity index (χ1n) is 12.7. The number of methoxy groups -OCH3 is 1. The summed E-state index contributed by atoms with van der Waals surface area (Å²) in [7, 11) is 1.36. The molecule has 0 spiro atoms. The van der Waals surface area contributed by atoms with Crippen molar-refractivity contribution in [1.82, 2.24) is 10.3 Å². The van der Waals surface area contributed by atoms with Crippen LogP contribution in [0.3, 0.4) is 0 Å². The van der Waals surface area contributed by atoms with Crippen LogP contribution in [-0.4, -0.2) is 59.5 Å². The van der Waals surface area contributed by atoms with Crippen molar-refractivity contribution in [3.8, 4) is 17.2 Å². The van der Waals surface area contributed by atoms with Gasteiger partial charge in [0.1, 0.15) is 35.9 Å². The summed E-state index contributed by atoms with van der Waals surface area (Å²) in [6.45, 7) is 1.75. The summed E-state index contributed by atoms with van der Waals surface area (Å²) >= 11 is 0. The van der Waals surface area contributed by atoms with Crippen LogP contribution in [0, 0.1) is 5.82 Å². The highest BCUT2D eigenvalue weighted by Crippen LogP contribution is 2.30. The number of esters is 1. The Bertz CT molecular complexity index is 1070. The number of nitrogens with one attached hydrogen (secondary N) is 1. The molecule has 9 nitrogen and oxygen atoms in total. The van der Waals surface area contributed by atoms with Gasteiger partial charge < -0.3 is 29.4 Å². The predicted octanol–water partition coefficient (Wildman–Crippen LogP) is 3.92. The Hall–Kier alpha value is -3.40. The summed E-state index contributed by atoms with van der Waals surface area (Å²) in [5.41, 5.74) is -0.250. The topological polar surface area (TPSA) is 116 Å². The summed E-state index contributed by atoms with van der Waals surface area (Å²) in [6, 6.07) is 6.24. The number of carbonyl (C=O) groups excluding carboxylic acids is 2. The van der Waals surface area contributed by atoms with Crippen LogP contribution in [0.25, 0.3) is 0 Å². The molecule has 1 amide bonds. The maximum Gasteiger partial charge on any atom is 0.329 e. The minimum atomic E-state index is -0.959. The second-order valence-corrected chi connectivity index (χ2v) is 9.43. The van der Waals surface area contributed by atoms with Crippen LogP contribution >= 0.6 is 0 Å². The smallest absolute Gasteiger partial charge is 0.329 e. The summed E-state index contributed by atoms with van der Waals surface area (Å²) in [6.07, 6.45) is 5.03. The Morgan fingerprint density at radius 1 is 1.11 bits per heavy atom. The van der Waals surface area contributed by atoms with Crippen LogP contribution < -0.4 is 14.8 Å². The molecule has 4 atom stereocenters. The minimum absolute atomic E-state index is 0.0452. The monoisotopic (exact) mass is 516 g/mol. The number of pyridine rings is 1. The van der Waals surface area contributed by atoms with Crippen molar-refractivity contribution in [2.24, 2.45) is 0 Å². The van der Waals surface area contributed by atoms with E-state index in [0.29, 0.717) is 18.6 Å². The Morgan fingerprint density at radius 2 is 1.84 bits per heavy atom. The number of benzene rings is 1. The van der Waals surface area contributed by atoms with E-state index in [1.54, 1.807) is 19.1 Å². The third kappa shape index (κ3) is 6.68. The van der Waals surface area contributed by atoms with Crippen molar-refractivity contribution < 1.29 is 38.0 Å². The zero-order valence-electron chi connectivity index (χ0n) is 21.0.